The van der Waals surface area contributed by atoms with Gasteiger partial charge in [0.15, 0.2) is 0 Å². The van der Waals surface area contributed by atoms with Crippen LogP contribution in [0.5, 0.6) is 0 Å². The van der Waals surface area contributed by atoms with E-state index >= 15 is 0 Å². The van der Waals surface area contributed by atoms with Gasteiger partial charge in [-0.1, -0.05) is 0 Å². The van der Waals surface area contributed by atoms with Crippen molar-refractivity contribution in [1.29, 1.82) is 0 Å². The van der Waals surface area contributed by atoms with E-state index in [2.05, 4.69) is 15.1 Å². The van der Waals surface area contributed by atoms with Gasteiger partial charge in [-0.2, -0.15) is 0 Å². The number of hydrogen-bond donors (Lipinski definition) is 1. The van der Waals surface area contributed by atoms with Crippen LogP contribution in [-0.2, 0) is 4.79 Å². The van der Waals surface area contributed by atoms with E-state index in [0.29, 0.717) is 11.6 Å². The number of amides is 2. The molecule has 8 nitrogen and oxygen atoms in total. The van der Waals surface area contributed by atoms with E-state index in [1.54, 1.807) is 12.1 Å². The Hall–Kier alpha value is -2.39. The second kappa shape index (κ2) is 6.85. The Bertz CT molecular complexity index is 777. The molecule has 2 fully saturated rings. The van der Waals surface area contributed by atoms with Gasteiger partial charge in [0, 0.05) is 42.5 Å². The molecule has 0 bridgehead atoms. The molecular weight excluding hydrogens is 344 g/mol. The maximum absolute atomic E-state index is 11.8. The number of rotatable bonds is 4. The van der Waals surface area contributed by atoms with Crippen molar-refractivity contribution >= 4 is 40.4 Å². The average Bonchev–Trinajstić information content (AvgIpc) is 3.14. The summed E-state index contributed by atoms with van der Waals surface area (Å²) in [6.07, 6.45) is 2.55. The van der Waals surface area contributed by atoms with E-state index in [-0.39, 0.29) is 10.6 Å². The minimum absolute atomic E-state index is 0.0475. The lowest BCUT2D eigenvalue weighted by Crippen LogP contribution is -2.31. The summed E-state index contributed by atoms with van der Waals surface area (Å²) in [5, 5.41) is 12.9. The van der Waals surface area contributed by atoms with E-state index in [9.17, 15) is 19.7 Å². The zero-order chi connectivity index (χ0) is 18.1. The molecule has 25 heavy (non-hydrogen) atoms. The average molecular weight is 362 g/mol. The summed E-state index contributed by atoms with van der Waals surface area (Å²) in [7, 11) is 4.05. The molecule has 1 unspecified atom stereocenters. The van der Waals surface area contributed by atoms with Crippen molar-refractivity contribution in [1.82, 2.24) is 10.2 Å². The fourth-order valence-corrected chi connectivity index (χ4v) is 3.68. The highest BCUT2D eigenvalue weighted by Gasteiger charge is 2.28. The third kappa shape index (κ3) is 3.67. The number of likely N-dealkylation sites (N-methyl/N-ethyl adjacent to an activating group) is 1. The quantitative estimate of drug-likeness (QED) is 0.497. The number of nitrogens with zero attached hydrogens (tertiary/aromatic N) is 3. The van der Waals surface area contributed by atoms with Gasteiger partial charge in [0.1, 0.15) is 0 Å². The van der Waals surface area contributed by atoms with Gasteiger partial charge in [0.05, 0.1) is 9.83 Å². The smallest absolute Gasteiger partial charge is 0.290 e. The van der Waals surface area contributed by atoms with Crippen LogP contribution in [0.2, 0.25) is 0 Å². The van der Waals surface area contributed by atoms with Gasteiger partial charge in [-0.15, -0.1) is 0 Å². The molecule has 9 heteroatoms. The van der Waals surface area contributed by atoms with Gasteiger partial charge in [-0.3, -0.25) is 25.0 Å². The summed E-state index contributed by atoms with van der Waals surface area (Å²) in [5.41, 5.74) is 1.35. The number of nitro groups is 1. The van der Waals surface area contributed by atoms with Crippen LogP contribution in [0, 0.1) is 10.1 Å². The lowest BCUT2D eigenvalue weighted by Gasteiger charge is -2.23. The number of anilines is 1. The molecule has 0 radical (unpaired) electrons. The molecule has 0 saturated carbocycles. The van der Waals surface area contributed by atoms with Crippen LogP contribution < -0.4 is 10.2 Å². The lowest BCUT2D eigenvalue weighted by atomic mass is 10.1. The van der Waals surface area contributed by atoms with Crippen molar-refractivity contribution in [2.45, 2.75) is 12.5 Å². The Kier molecular flexibility index (Phi) is 4.78. The summed E-state index contributed by atoms with van der Waals surface area (Å²) < 4.78 is 0. The molecule has 0 aliphatic carbocycles. The number of carbonyl (C=O) groups is 2. The Morgan fingerprint density at radius 3 is 2.72 bits per heavy atom. The van der Waals surface area contributed by atoms with Crippen molar-refractivity contribution in [3.63, 3.8) is 0 Å². The maximum atomic E-state index is 11.8. The largest absolute Gasteiger partial charge is 0.369 e. The predicted octanol–water partition coefficient (Wildman–Crippen LogP) is 2.06. The molecule has 2 heterocycles. The molecule has 132 valence electrons. The molecule has 1 atom stereocenters. The van der Waals surface area contributed by atoms with Crippen molar-refractivity contribution in [2.24, 2.45) is 0 Å². The SMILES string of the molecule is CN(C)C1CCN(c2ccc([N+](=O)[O-])cc2/C=C2\SC(=O)NC2=O)C1. The summed E-state index contributed by atoms with van der Waals surface area (Å²) in [6, 6.07) is 5.03. The highest BCUT2D eigenvalue weighted by Crippen LogP contribution is 2.33. The first-order valence-corrected chi connectivity index (χ1v) is 8.61. The molecule has 0 spiro atoms. The molecule has 2 aliphatic rings. The number of hydrogen-bond acceptors (Lipinski definition) is 7. The summed E-state index contributed by atoms with van der Waals surface area (Å²) in [4.78, 5) is 38.4. The number of nitrogens with one attached hydrogen (secondary N) is 1. The fraction of sp³-hybridized carbons (Fsp3) is 0.375. The summed E-state index contributed by atoms with van der Waals surface area (Å²) in [6.45, 7) is 1.63. The van der Waals surface area contributed by atoms with Gasteiger partial charge in [-0.05, 0) is 44.4 Å². The number of imide groups is 1. The van der Waals surface area contributed by atoms with Crippen LogP contribution in [0.15, 0.2) is 23.1 Å². The molecule has 3 rings (SSSR count). The fourth-order valence-electron chi connectivity index (χ4n) is 3.00. The molecule has 0 aromatic heterocycles. The standard InChI is InChI=1S/C16H18N4O4S/c1-18(2)12-5-6-19(9-12)13-4-3-11(20(23)24)7-10(13)8-14-15(21)17-16(22)25-14/h3-4,7-8,12H,5-6,9H2,1-2H3,(H,17,21,22)/b14-8-. The number of benzene rings is 1. The van der Waals surface area contributed by atoms with Crippen LogP contribution in [0.4, 0.5) is 16.2 Å². The first-order chi connectivity index (χ1) is 11.8. The minimum Gasteiger partial charge on any atom is -0.369 e. The van der Waals surface area contributed by atoms with Crippen LogP contribution in [0.3, 0.4) is 0 Å². The van der Waals surface area contributed by atoms with E-state index < -0.39 is 16.1 Å². The summed E-state index contributed by atoms with van der Waals surface area (Å²) >= 11 is 0.804. The first-order valence-electron chi connectivity index (χ1n) is 7.80. The molecular formula is C16H18N4O4S. The first kappa shape index (κ1) is 17.4. The second-order valence-corrected chi connectivity index (χ2v) is 7.22. The van der Waals surface area contributed by atoms with Gasteiger partial charge < -0.3 is 9.80 Å². The van der Waals surface area contributed by atoms with Crippen LogP contribution in [0.1, 0.15) is 12.0 Å². The van der Waals surface area contributed by atoms with Crippen molar-refractivity contribution in [3.05, 3.63) is 38.8 Å². The van der Waals surface area contributed by atoms with E-state index in [4.69, 9.17) is 0 Å². The number of non-ortho nitro benzene ring substituents is 1. The van der Waals surface area contributed by atoms with Gasteiger partial charge in [-0.25, -0.2) is 0 Å². The number of carbonyl (C=O) groups excluding carboxylic acids is 2. The monoisotopic (exact) mass is 362 g/mol. The Morgan fingerprint density at radius 2 is 2.16 bits per heavy atom. The van der Waals surface area contributed by atoms with Gasteiger partial charge in [0.25, 0.3) is 16.8 Å². The molecule has 1 aromatic rings. The molecule has 2 saturated heterocycles. The molecule has 1 aromatic carbocycles. The lowest BCUT2D eigenvalue weighted by molar-refractivity contribution is -0.384. The van der Waals surface area contributed by atoms with Crippen molar-refractivity contribution in [3.8, 4) is 0 Å². The zero-order valence-electron chi connectivity index (χ0n) is 13.9. The van der Waals surface area contributed by atoms with E-state index in [1.807, 2.05) is 14.1 Å². The minimum atomic E-state index is -0.472. The predicted molar refractivity (Wildman–Crippen MR) is 96.5 cm³/mol. The van der Waals surface area contributed by atoms with Crippen LogP contribution in [0.25, 0.3) is 6.08 Å². The van der Waals surface area contributed by atoms with Crippen molar-refractivity contribution < 1.29 is 14.5 Å². The second-order valence-electron chi connectivity index (χ2n) is 6.20. The van der Waals surface area contributed by atoms with Crippen LogP contribution in [-0.4, -0.2) is 54.2 Å². The normalized spacial score (nSPS) is 22.1. The zero-order valence-corrected chi connectivity index (χ0v) is 14.7. The molecule has 2 amide bonds. The topological polar surface area (TPSA) is 95.8 Å². The molecule has 2 aliphatic heterocycles. The highest BCUT2D eigenvalue weighted by atomic mass is 32.2. The molecule has 1 N–H and O–H groups in total. The number of nitro benzene ring substituents is 1. The Balaban J connectivity index is 1.98. The summed E-state index contributed by atoms with van der Waals surface area (Å²) in [5.74, 6) is -0.472. The van der Waals surface area contributed by atoms with Gasteiger partial charge >= 0.3 is 0 Å². The van der Waals surface area contributed by atoms with Crippen molar-refractivity contribution in [2.75, 3.05) is 32.1 Å². The Labute approximate surface area is 149 Å². The number of thioether (sulfide) groups is 1. The highest BCUT2D eigenvalue weighted by molar-refractivity contribution is 8.18. The van der Waals surface area contributed by atoms with E-state index in [0.717, 1.165) is 37.0 Å². The third-order valence-electron chi connectivity index (χ3n) is 4.38. The Morgan fingerprint density at radius 1 is 1.40 bits per heavy atom. The third-order valence-corrected chi connectivity index (χ3v) is 5.20. The maximum Gasteiger partial charge on any atom is 0.290 e. The van der Waals surface area contributed by atoms with Crippen LogP contribution >= 0.6 is 11.8 Å². The van der Waals surface area contributed by atoms with Gasteiger partial charge in [0.2, 0.25) is 0 Å². The van der Waals surface area contributed by atoms with E-state index in [1.165, 1.54) is 12.1 Å².